The van der Waals surface area contributed by atoms with Crippen LogP contribution in [0.2, 0.25) is 0 Å². The molecule has 1 aliphatic rings. The third kappa shape index (κ3) is 3.78. The van der Waals surface area contributed by atoms with E-state index in [9.17, 15) is 4.79 Å². The Bertz CT molecular complexity index is 717. The van der Waals surface area contributed by atoms with Crippen LogP contribution in [-0.4, -0.2) is 46.1 Å². The van der Waals surface area contributed by atoms with E-state index in [2.05, 4.69) is 10.3 Å². The highest BCUT2D eigenvalue weighted by Crippen LogP contribution is 2.39. The van der Waals surface area contributed by atoms with Gasteiger partial charge < -0.3 is 14.2 Å². The Labute approximate surface area is 153 Å². The van der Waals surface area contributed by atoms with E-state index in [1.807, 2.05) is 51.1 Å². The van der Waals surface area contributed by atoms with E-state index in [-0.39, 0.29) is 12.1 Å². The molecule has 2 aromatic rings. The molecule has 1 atom stereocenters. The minimum Gasteiger partial charge on any atom is -0.457 e. The molecular weight excluding hydrogens is 334 g/mol. The van der Waals surface area contributed by atoms with Gasteiger partial charge >= 0.3 is 5.97 Å². The second kappa shape index (κ2) is 7.97. The molecule has 0 N–H and O–H groups in total. The average molecular weight is 359 g/mol. The molecule has 0 bridgehead atoms. The first-order valence-corrected chi connectivity index (χ1v) is 9.02. The van der Waals surface area contributed by atoms with Crippen molar-refractivity contribution in [1.82, 2.24) is 15.0 Å². The molecule has 0 radical (unpaired) electrons. The molecule has 0 saturated heterocycles. The second-order valence-corrected chi connectivity index (χ2v) is 6.36. The molecule has 0 unspecified atom stereocenters. The normalized spacial score (nSPS) is 17.5. The summed E-state index contributed by atoms with van der Waals surface area (Å²) < 4.78 is 18.6. The Morgan fingerprint density at radius 1 is 1.23 bits per heavy atom. The standard InChI is InChI=1S/C19H25N3O4/c1-4-24-19(25-5-2)11-16(12-19)26-18(23)17-13-20-21-22(17)14(3)15-9-7-6-8-10-15/h6-10,13-14,16H,4-5,11-12H2,1-3H3/t14-/m1/s1. The maximum Gasteiger partial charge on any atom is 0.358 e. The Morgan fingerprint density at radius 3 is 2.50 bits per heavy atom. The van der Waals surface area contributed by atoms with E-state index >= 15 is 0 Å². The van der Waals surface area contributed by atoms with Crippen LogP contribution >= 0.6 is 0 Å². The smallest absolute Gasteiger partial charge is 0.358 e. The zero-order valence-electron chi connectivity index (χ0n) is 15.4. The number of carbonyl (C=O) groups is 1. The van der Waals surface area contributed by atoms with Gasteiger partial charge in [-0.05, 0) is 26.3 Å². The van der Waals surface area contributed by atoms with Gasteiger partial charge in [0.25, 0.3) is 0 Å². The molecule has 1 saturated carbocycles. The van der Waals surface area contributed by atoms with Crippen molar-refractivity contribution in [2.75, 3.05) is 13.2 Å². The number of esters is 1. The summed E-state index contributed by atoms with van der Waals surface area (Å²) in [5, 5.41) is 7.96. The van der Waals surface area contributed by atoms with E-state index in [1.54, 1.807) is 4.68 Å². The number of carbonyl (C=O) groups excluding carboxylic acids is 1. The molecule has 1 aliphatic carbocycles. The van der Waals surface area contributed by atoms with Crippen LogP contribution in [0, 0.1) is 0 Å². The quantitative estimate of drug-likeness (QED) is 0.533. The number of nitrogens with zero attached hydrogens (tertiary/aromatic N) is 3. The van der Waals surface area contributed by atoms with Gasteiger partial charge in [0, 0.05) is 26.1 Å². The van der Waals surface area contributed by atoms with Crippen molar-refractivity contribution in [3.05, 3.63) is 47.8 Å². The molecule has 1 fully saturated rings. The fraction of sp³-hybridized carbons (Fsp3) is 0.526. The lowest BCUT2D eigenvalue weighted by Crippen LogP contribution is -2.53. The molecule has 7 heteroatoms. The number of hydrogen-bond donors (Lipinski definition) is 0. The lowest BCUT2D eigenvalue weighted by molar-refractivity contribution is -0.300. The molecule has 3 rings (SSSR count). The van der Waals surface area contributed by atoms with E-state index in [0.29, 0.717) is 31.7 Å². The highest BCUT2D eigenvalue weighted by molar-refractivity contribution is 5.87. The number of ether oxygens (including phenoxy) is 3. The monoisotopic (exact) mass is 359 g/mol. The predicted octanol–water partition coefficient (Wildman–Crippen LogP) is 2.98. The van der Waals surface area contributed by atoms with E-state index < -0.39 is 11.8 Å². The van der Waals surface area contributed by atoms with Crippen molar-refractivity contribution in [2.24, 2.45) is 0 Å². The summed E-state index contributed by atoms with van der Waals surface area (Å²) >= 11 is 0. The first kappa shape index (κ1) is 18.5. The maximum atomic E-state index is 12.6. The predicted molar refractivity (Wildman–Crippen MR) is 94.7 cm³/mol. The first-order valence-electron chi connectivity index (χ1n) is 9.02. The highest BCUT2D eigenvalue weighted by Gasteiger charge is 2.48. The molecule has 1 aromatic heterocycles. The summed E-state index contributed by atoms with van der Waals surface area (Å²) in [6.07, 6.45) is 2.29. The van der Waals surface area contributed by atoms with Crippen LogP contribution in [0.4, 0.5) is 0 Å². The lowest BCUT2D eigenvalue weighted by atomic mass is 9.87. The number of rotatable bonds is 8. The number of benzene rings is 1. The summed E-state index contributed by atoms with van der Waals surface area (Å²) in [6, 6.07) is 9.73. The van der Waals surface area contributed by atoms with Gasteiger partial charge in [-0.25, -0.2) is 9.48 Å². The van der Waals surface area contributed by atoms with Crippen molar-refractivity contribution in [2.45, 2.75) is 51.5 Å². The molecule has 0 spiro atoms. The van der Waals surface area contributed by atoms with Gasteiger partial charge in [0.1, 0.15) is 6.10 Å². The lowest BCUT2D eigenvalue weighted by Gasteiger charge is -2.45. The number of hydrogen-bond acceptors (Lipinski definition) is 6. The summed E-state index contributed by atoms with van der Waals surface area (Å²) in [5.41, 5.74) is 1.38. The molecule has 7 nitrogen and oxygen atoms in total. The zero-order valence-corrected chi connectivity index (χ0v) is 15.4. The van der Waals surface area contributed by atoms with Crippen LogP contribution in [0.1, 0.15) is 55.7 Å². The molecule has 1 heterocycles. The van der Waals surface area contributed by atoms with Gasteiger partial charge in [0.15, 0.2) is 11.5 Å². The topological polar surface area (TPSA) is 75.5 Å². The van der Waals surface area contributed by atoms with Gasteiger partial charge in [-0.15, -0.1) is 5.10 Å². The van der Waals surface area contributed by atoms with Gasteiger partial charge in [-0.2, -0.15) is 0 Å². The van der Waals surface area contributed by atoms with E-state index in [0.717, 1.165) is 5.56 Å². The highest BCUT2D eigenvalue weighted by atomic mass is 16.7. The molecule has 26 heavy (non-hydrogen) atoms. The van der Waals surface area contributed by atoms with Crippen LogP contribution in [0.3, 0.4) is 0 Å². The van der Waals surface area contributed by atoms with Crippen molar-refractivity contribution in [1.29, 1.82) is 0 Å². The fourth-order valence-electron chi connectivity index (χ4n) is 3.28. The van der Waals surface area contributed by atoms with Gasteiger partial charge in [-0.3, -0.25) is 0 Å². The van der Waals surface area contributed by atoms with Crippen molar-refractivity contribution in [3.63, 3.8) is 0 Å². The van der Waals surface area contributed by atoms with E-state index in [1.165, 1.54) is 6.20 Å². The number of aromatic nitrogens is 3. The first-order chi connectivity index (χ1) is 12.6. The summed E-state index contributed by atoms with van der Waals surface area (Å²) in [4.78, 5) is 12.6. The van der Waals surface area contributed by atoms with Crippen LogP contribution in [-0.2, 0) is 14.2 Å². The molecule has 0 amide bonds. The third-order valence-corrected chi connectivity index (χ3v) is 4.60. The van der Waals surface area contributed by atoms with Crippen molar-refractivity contribution in [3.8, 4) is 0 Å². The summed E-state index contributed by atoms with van der Waals surface area (Å²) in [6.45, 7) is 6.95. The second-order valence-electron chi connectivity index (χ2n) is 6.36. The van der Waals surface area contributed by atoms with Crippen molar-refractivity contribution < 1.29 is 19.0 Å². The third-order valence-electron chi connectivity index (χ3n) is 4.60. The van der Waals surface area contributed by atoms with Gasteiger partial charge in [0.2, 0.25) is 0 Å². The van der Waals surface area contributed by atoms with Crippen LogP contribution in [0.15, 0.2) is 36.5 Å². The average Bonchev–Trinajstić information content (AvgIpc) is 3.10. The van der Waals surface area contributed by atoms with Gasteiger partial charge in [0.05, 0.1) is 12.2 Å². The Hall–Kier alpha value is -2.25. The molecule has 1 aromatic carbocycles. The molecular formula is C19H25N3O4. The minimum atomic E-state index is -0.621. The fourth-order valence-corrected chi connectivity index (χ4v) is 3.28. The van der Waals surface area contributed by atoms with Crippen LogP contribution in [0.25, 0.3) is 0 Å². The molecule has 140 valence electrons. The van der Waals surface area contributed by atoms with Crippen LogP contribution < -0.4 is 0 Å². The van der Waals surface area contributed by atoms with Crippen molar-refractivity contribution >= 4 is 5.97 Å². The Kier molecular flexibility index (Phi) is 5.68. The molecule has 0 aliphatic heterocycles. The SMILES string of the molecule is CCOC1(OCC)CC(OC(=O)c2cnnn2[C@H](C)c2ccccc2)C1. The minimum absolute atomic E-state index is 0.117. The Morgan fingerprint density at radius 2 is 1.88 bits per heavy atom. The zero-order chi connectivity index (χ0) is 18.6. The largest absolute Gasteiger partial charge is 0.457 e. The maximum absolute atomic E-state index is 12.6. The Balaban J connectivity index is 1.65. The van der Waals surface area contributed by atoms with Crippen LogP contribution in [0.5, 0.6) is 0 Å². The summed E-state index contributed by atoms with van der Waals surface area (Å²) in [5.74, 6) is -1.05. The summed E-state index contributed by atoms with van der Waals surface area (Å²) in [7, 11) is 0. The van der Waals surface area contributed by atoms with E-state index in [4.69, 9.17) is 14.2 Å². The van der Waals surface area contributed by atoms with Gasteiger partial charge in [-0.1, -0.05) is 35.5 Å².